The van der Waals surface area contributed by atoms with E-state index in [4.69, 9.17) is 9.47 Å². The van der Waals surface area contributed by atoms with Crippen molar-refractivity contribution in [3.8, 4) is 22.6 Å². The number of aryl methyl sites for hydroxylation is 2. The molecule has 2 atom stereocenters. The van der Waals surface area contributed by atoms with Gasteiger partial charge in [0.15, 0.2) is 6.61 Å². The number of likely N-dealkylation sites (tertiary alicyclic amines) is 1. The van der Waals surface area contributed by atoms with Crippen LogP contribution in [0.1, 0.15) is 39.5 Å². The SMILES string of the molecule is Cc1nc(CCC(=O)N2CC[C@@H]3Oc4ccc(cc4)CNC(=O)COc4cccc(c4)-c4cncc(c4)C(=O)N[C@@H]3C2)cs1. The van der Waals surface area contributed by atoms with Gasteiger partial charge in [0.25, 0.3) is 11.8 Å². The molecule has 226 valence electrons. The summed E-state index contributed by atoms with van der Waals surface area (Å²) in [5.74, 6) is 0.647. The molecule has 0 unspecified atom stereocenters. The highest BCUT2D eigenvalue weighted by Gasteiger charge is 2.34. The fraction of sp³-hybridized carbons (Fsp3) is 0.303. The number of rotatable bonds is 3. The number of nitrogens with one attached hydrogen (secondary N) is 2. The van der Waals surface area contributed by atoms with Crippen LogP contribution in [0.15, 0.2) is 72.4 Å². The number of aromatic nitrogens is 2. The predicted molar refractivity (Wildman–Crippen MR) is 165 cm³/mol. The molecule has 5 heterocycles. The van der Waals surface area contributed by atoms with Gasteiger partial charge in [-0.05, 0) is 54.8 Å². The summed E-state index contributed by atoms with van der Waals surface area (Å²) in [7, 11) is 0. The number of thiazole rings is 1. The third kappa shape index (κ3) is 7.23. The van der Waals surface area contributed by atoms with Gasteiger partial charge in [-0.2, -0.15) is 0 Å². The first-order valence-corrected chi connectivity index (χ1v) is 15.5. The maximum atomic E-state index is 13.6. The molecule has 0 radical (unpaired) electrons. The Labute approximate surface area is 259 Å². The maximum Gasteiger partial charge on any atom is 0.258 e. The number of piperidine rings is 1. The van der Waals surface area contributed by atoms with Crippen LogP contribution >= 0.6 is 11.3 Å². The zero-order chi connectivity index (χ0) is 30.5. The highest BCUT2D eigenvalue weighted by Crippen LogP contribution is 2.25. The lowest BCUT2D eigenvalue weighted by atomic mass is 10.00. The van der Waals surface area contributed by atoms with Gasteiger partial charge >= 0.3 is 0 Å². The summed E-state index contributed by atoms with van der Waals surface area (Å²) in [5, 5.41) is 8.98. The van der Waals surface area contributed by atoms with Crippen LogP contribution in [-0.2, 0) is 22.6 Å². The molecule has 6 bridgehead atoms. The topological polar surface area (TPSA) is 123 Å². The van der Waals surface area contributed by atoms with E-state index in [0.29, 0.717) is 56.0 Å². The van der Waals surface area contributed by atoms with E-state index < -0.39 is 6.04 Å². The molecule has 0 saturated carbocycles. The van der Waals surface area contributed by atoms with Gasteiger partial charge in [0, 0.05) is 55.8 Å². The summed E-state index contributed by atoms with van der Waals surface area (Å²) >= 11 is 1.58. The van der Waals surface area contributed by atoms with Crippen LogP contribution in [0.3, 0.4) is 0 Å². The van der Waals surface area contributed by atoms with Crippen molar-refractivity contribution < 1.29 is 23.9 Å². The Balaban J connectivity index is 1.25. The molecule has 10 nitrogen and oxygen atoms in total. The number of hydrogen-bond acceptors (Lipinski definition) is 8. The van der Waals surface area contributed by atoms with Crippen molar-refractivity contribution in [2.75, 3.05) is 19.7 Å². The molecule has 3 aliphatic rings. The average Bonchev–Trinajstić information content (AvgIpc) is 3.47. The summed E-state index contributed by atoms with van der Waals surface area (Å²) in [6.07, 6.45) is 4.32. The second-order valence-electron chi connectivity index (χ2n) is 10.9. The van der Waals surface area contributed by atoms with E-state index in [0.717, 1.165) is 27.4 Å². The van der Waals surface area contributed by atoms with Crippen molar-refractivity contribution in [3.05, 3.63) is 94.2 Å². The minimum atomic E-state index is -0.452. The van der Waals surface area contributed by atoms with Crippen LogP contribution in [0, 0.1) is 6.92 Å². The first kappa shape index (κ1) is 29.3. The second-order valence-corrected chi connectivity index (χ2v) is 12.0. The zero-order valence-electron chi connectivity index (χ0n) is 24.3. The largest absolute Gasteiger partial charge is 0.488 e. The van der Waals surface area contributed by atoms with Crippen molar-refractivity contribution in [1.29, 1.82) is 0 Å². The number of fused-ring (bicyclic) bond motifs is 7. The Kier molecular flexibility index (Phi) is 8.83. The highest BCUT2D eigenvalue weighted by molar-refractivity contribution is 7.09. The Morgan fingerprint density at radius 2 is 1.89 bits per heavy atom. The molecular weight excluding hydrogens is 578 g/mol. The van der Waals surface area contributed by atoms with Crippen molar-refractivity contribution in [2.24, 2.45) is 0 Å². The monoisotopic (exact) mass is 611 g/mol. The molecule has 4 aromatic rings. The normalized spacial score (nSPS) is 18.7. The van der Waals surface area contributed by atoms with E-state index in [2.05, 4.69) is 20.6 Å². The quantitative estimate of drug-likeness (QED) is 0.360. The number of ether oxygens (including phenoxy) is 2. The van der Waals surface area contributed by atoms with Crippen LogP contribution in [-0.4, -0.2) is 64.4 Å². The van der Waals surface area contributed by atoms with Gasteiger partial charge in [0.2, 0.25) is 5.91 Å². The van der Waals surface area contributed by atoms with Gasteiger partial charge in [-0.15, -0.1) is 11.3 Å². The van der Waals surface area contributed by atoms with Crippen molar-refractivity contribution in [3.63, 3.8) is 0 Å². The summed E-state index contributed by atoms with van der Waals surface area (Å²) < 4.78 is 12.1. The van der Waals surface area contributed by atoms with Crippen LogP contribution in [0.4, 0.5) is 0 Å². The number of nitrogens with zero attached hydrogens (tertiary/aromatic N) is 3. The summed E-state index contributed by atoms with van der Waals surface area (Å²) in [6.45, 7) is 3.01. The maximum absolute atomic E-state index is 13.6. The molecule has 1 fully saturated rings. The van der Waals surface area contributed by atoms with Crippen LogP contribution in [0.2, 0.25) is 0 Å². The fourth-order valence-electron chi connectivity index (χ4n) is 5.35. The molecule has 44 heavy (non-hydrogen) atoms. The molecule has 3 aliphatic heterocycles. The third-order valence-corrected chi connectivity index (χ3v) is 8.54. The van der Waals surface area contributed by atoms with Crippen molar-refractivity contribution in [2.45, 2.75) is 44.9 Å². The minimum absolute atomic E-state index is 0.0203. The molecule has 11 heteroatoms. The highest BCUT2D eigenvalue weighted by atomic mass is 32.1. The lowest BCUT2D eigenvalue weighted by molar-refractivity contribution is -0.133. The Morgan fingerprint density at radius 3 is 2.70 bits per heavy atom. The zero-order valence-corrected chi connectivity index (χ0v) is 25.1. The number of carbonyl (C=O) groups excluding carboxylic acids is 3. The Hall–Kier alpha value is -4.77. The number of carbonyl (C=O) groups is 3. The standard InChI is InChI=1S/C33H33N5O5S/c1-21-36-26(20-44-21)7-10-32(40)38-12-11-30-29(18-38)37-33(41)25-13-24(16-34-17-25)23-3-2-4-28(14-23)42-19-31(39)35-15-22-5-8-27(43-30)9-6-22/h2-6,8-9,13-14,16-17,20,29-30H,7,10-12,15,18-19H2,1H3,(H,35,39)(H,37,41)/t29-,30+/m1/s1. The third-order valence-electron chi connectivity index (χ3n) is 7.72. The minimum Gasteiger partial charge on any atom is -0.488 e. The smallest absolute Gasteiger partial charge is 0.258 e. The number of benzene rings is 2. The van der Waals surface area contributed by atoms with Gasteiger partial charge in [0.05, 0.1) is 22.3 Å². The number of amides is 3. The van der Waals surface area contributed by atoms with E-state index in [1.807, 2.05) is 54.8 Å². The van der Waals surface area contributed by atoms with Crippen LogP contribution in [0.5, 0.6) is 11.5 Å². The average molecular weight is 612 g/mol. The van der Waals surface area contributed by atoms with E-state index in [9.17, 15) is 14.4 Å². The van der Waals surface area contributed by atoms with Gasteiger partial charge in [-0.25, -0.2) is 4.98 Å². The van der Waals surface area contributed by atoms with Gasteiger partial charge in [0.1, 0.15) is 17.6 Å². The van der Waals surface area contributed by atoms with Crippen molar-refractivity contribution >= 4 is 29.1 Å². The molecule has 2 N–H and O–H groups in total. The van der Waals surface area contributed by atoms with E-state index in [1.54, 1.807) is 34.6 Å². The molecule has 0 aliphatic carbocycles. The number of pyridine rings is 1. The first-order chi connectivity index (χ1) is 21.4. The van der Waals surface area contributed by atoms with E-state index in [-0.39, 0.29) is 30.4 Å². The molecule has 3 amide bonds. The Morgan fingerprint density at radius 1 is 1.05 bits per heavy atom. The predicted octanol–water partition coefficient (Wildman–Crippen LogP) is 3.93. The number of hydrogen-bond donors (Lipinski definition) is 2. The van der Waals surface area contributed by atoms with Gasteiger partial charge in [-0.1, -0.05) is 24.3 Å². The fourth-order valence-corrected chi connectivity index (χ4v) is 6.00. The van der Waals surface area contributed by atoms with Crippen molar-refractivity contribution in [1.82, 2.24) is 25.5 Å². The van der Waals surface area contributed by atoms with Crippen LogP contribution < -0.4 is 20.1 Å². The first-order valence-electron chi connectivity index (χ1n) is 14.6. The molecule has 1 saturated heterocycles. The lowest BCUT2D eigenvalue weighted by Crippen LogP contribution is -2.58. The molecule has 2 aromatic heterocycles. The van der Waals surface area contributed by atoms with E-state index in [1.165, 1.54) is 6.20 Å². The molecule has 0 spiro atoms. The van der Waals surface area contributed by atoms with E-state index >= 15 is 0 Å². The van der Waals surface area contributed by atoms with Gasteiger partial charge < -0.3 is 25.0 Å². The summed E-state index contributed by atoms with van der Waals surface area (Å²) in [6, 6.07) is 16.1. The van der Waals surface area contributed by atoms with Gasteiger partial charge in [-0.3, -0.25) is 19.4 Å². The van der Waals surface area contributed by atoms with Crippen LogP contribution in [0.25, 0.3) is 11.1 Å². The Bertz CT molecular complexity index is 1660. The molecule has 2 aromatic carbocycles. The molecular formula is C33H33N5O5S. The molecule has 7 rings (SSSR count). The summed E-state index contributed by atoms with van der Waals surface area (Å²) in [5.41, 5.74) is 3.74. The summed E-state index contributed by atoms with van der Waals surface area (Å²) in [4.78, 5) is 49.9. The lowest BCUT2D eigenvalue weighted by Gasteiger charge is -2.39. The second kappa shape index (κ2) is 13.3.